The highest BCUT2D eigenvalue weighted by Crippen LogP contribution is 2.12. The van der Waals surface area contributed by atoms with E-state index in [0.717, 1.165) is 7.11 Å². The Bertz CT molecular complexity index is 445. The van der Waals surface area contributed by atoms with Crippen molar-refractivity contribution in [1.82, 2.24) is 0 Å². The lowest BCUT2D eigenvalue weighted by atomic mass is 10.2. The largest absolute Gasteiger partial charge is 0.296 e. The van der Waals surface area contributed by atoms with Crippen LogP contribution in [0.25, 0.3) is 0 Å². The fraction of sp³-hybridized carbons (Fsp3) is 0.125. The summed E-state index contributed by atoms with van der Waals surface area (Å²) in [6.45, 7) is 0. The molecule has 0 saturated carbocycles. The summed E-state index contributed by atoms with van der Waals surface area (Å²) in [7, 11) is -2.60. The molecule has 0 amide bonds. The van der Waals surface area contributed by atoms with Crippen LogP contribution in [0.4, 0.5) is 0 Å². The third kappa shape index (κ3) is 2.05. The monoisotopic (exact) mass is 197 g/mol. The van der Waals surface area contributed by atoms with Gasteiger partial charge in [-0.25, -0.2) is 0 Å². The molecule has 0 heterocycles. The molecule has 13 heavy (non-hydrogen) atoms. The molecule has 0 spiro atoms. The molecule has 5 heteroatoms. The van der Waals surface area contributed by atoms with Crippen molar-refractivity contribution in [2.45, 2.75) is 4.90 Å². The average Bonchev–Trinajstić information content (AvgIpc) is 2.18. The molecule has 0 atom stereocenters. The first-order valence-electron chi connectivity index (χ1n) is 3.41. The maximum atomic E-state index is 11.1. The van der Waals surface area contributed by atoms with Gasteiger partial charge in [-0.05, 0) is 18.2 Å². The predicted molar refractivity (Wildman–Crippen MR) is 45.4 cm³/mol. The standard InChI is InChI=1S/C8H7NO3S/c1-12-13(10,11)8-4-2-3-7(5-8)6-9/h2-5H,1H3. The van der Waals surface area contributed by atoms with Crippen LogP contribution in [0.1, 0.15) is 5.56 Å². The summed E-state index contributed by atoms with van der Waals surface area (Å²) in [5.41, 5.74) is 0.290. The van der Waals surface area contributed by atoms with E-state index in [0.29, 0.717) is 0 Å². The third-order valence-electron chi connectivity index (χ3n) is 1.47. The number of nitriles is 1. The van der Waals surface area contributed by atoms with Gasteiger partial charge >= 0.3 is 0 Å². The van der Waals surface area contributed by atoms with Gasteiger partial charge in [0.2, 0.25) is 0 Å². The molecule has 0 N–H and O–H groups in total. The van der Waals surface area contributed by atoms with Crippen molar-refractivity contribution in [1.29, 1.82) is 5.26 Å². The quantitative estimate of drug-likeness (QED) is 0.660. The Morgan fingerprint density at radius 3 is 2.69 bits per heavy atom. The van der Waals surface area contributed by atoms with Crippen molar-refractivity contribution in [2.24, 2.45) is 0 Å². The molecular formula is C8H7NO3S. The lowest BCUT2D eigenvalue weighted by molar-refractivity contribution is 0.398. The fourth-order valence-corrected chi connectivity index (χ4v) is 1.53. The average molecular weight is 197 g/mol. The van der Waals surface area contributed by atoms with E-state index in [4.69, 9.17) is 5.26 Å². The van der Waals surface area contributed by atoms with E-state index in [2.05, 4.69) is 4.18 Å². The van der Waals surface area contributed by atoms with Crippen LogP contribution in [0.5, 0.6) is 0 Å². The molecule has 0 bridgehead atoms. The highest BCUT2D eigenvalue weighted by molar-refractivity contribution is 7.86. The topological polar surface area (TPSA) is 67.2 Å². The second-order valence-corrected chi connectivity index (χ2v) is 3.97. The van der Waals surface area contributed by atoms with Gasteiger partial charge in [0.05, 0.1) is 23.6 Å². The van der Waals surface area contributed by atoms with Crippen molar-refractivity contribution in [3.63, 3.8) is 0 Å². The minimum Gasteiger partial charge on any atom is -0.270 e. The number of nitrogens with zero attached hydrogens (tertiary/aromatic N) is 1. The number of hydrogen-bond acceptors (Lipinski definition) is 4. The first-order chi connectivity index (χ1) is 6.10. The van der Waals surface area contributed by atoms with Gasteiger partial charge in [-0.15, -0.1) is 0 Å². The van der Waals surface area contributed by atoms with Crippen molar-refractivity contribution >= 4 is 10.1 Å². The van der Waals surface area contributed by atoms with Crippen LogP contribution in [0, 0.1) is 11.3 Å². The maximum absolute atomic E-state index is 11.1. The van der Waals surface area contributed by atoms with Crippen LogP contribution in [-0.4, -0.2) is 15.5 Å². The van der Waals surface area contributed by atoms with Crippen LogP contribution in [-0.2, 0) is 14.3 Å². The molecule has 0 radical (unpaired) electrons. The molecule has 0 unspecified atom stereocenters. The summed E-state index contributed by atoms with van der Waals surface area (Å²) in [6.07, 6.45) is 0. The van der Waals surface area contributed by atoms with E-state index in [9.17, 15) is 8.42 Å². The van der Waals surface area contributed by atoms with Gasteiger partial charge in [0, 0.05) is 0 Å². The van der Waals surface area contributed by atoms with E-state index >= 15 is 0 Å². The Balaban J connectivity index is 3.27. The highest BCUT2D eigenvalue weighted by Gasteiger charge is 2.12. The first-order valence-corrected chi connectivity index (χ1v) is 4.82. The van der Waals surface area contributed by atoms with Crippen LogP contribution in [0.3, 0.4) is 0 Å². The van der Waals surface area contributed by atoms with E-state index in [1.54, 1.807) is 0 Å². The summed E-state index contributed by atoms with van der Waals surface area (Å²) < 4.78 is 26.6. The Morgan fingerprint density at radius 2 is 2.15 bits per heavy atom. The molecular weight excluding hydrogens is 190 g/mol. The van der Waals surface area contributed by atoms with Crippen LogP contribution in [0.15, 0.2) is 29.2 Å². The number of hydrogen-bond donors (Lipinski definition) is 0. The Kier molecular flexibility index (Phi) is 2.66. The fourth-order valence-electron chi connectivity index (χ4n) is 0.817. The molecule has 68 valence electrons. The summed E-state index contributed by atoms with van der Waals surface area (Å²) in [5, 5.41) is 8.51. The summed E-state index contributed by atoms with van der Waals surface area (Å²) in [4.78, 5) is -0.00551. The van der Waals surface area contributed by atoms with Crippen molar-refractivity contribution in [2.75, 3.05) is 7.11 Å². The first kappa shape index (κ1) is 9.71. The Hall–Kier alpha value is -1.38. The number of rotatable bonds is 2. The van der Waals surface area contributed by atoms with Gasteiger partial charge in [-0.2, -0.15) is 13.7 Å². The van der Waals surface area contributed by atoms with Gasteiger partial charge in [-0.3, -0.25) is 4.18 Å². The molecule has 1 rings (SSSR count). The minimum absolute atomic E-state index is 0.00551. The van der Waals surface area contributed by atoms with Crippen molar-refractivity contribution < 1.29 is 12.6 Å². The van der Waals surface area contributed by atoms with Crippen LogP contribution < -0.4 is 0 Å². The summed E-state index contributed by atoms with van der Waals surface area (Å²) >= 11 is 0. The van der Waals surface area contributed by atoms with Gasteiger partial charge < -0.3 is 0 Å². The van der Waals surface area contributed by atoms with Crippen LogP contribution >= 0.6 is 0 Å². The minimum atomic E-state index is -3.68. The zero-order valence-electron chi connectivity index (χ0n) is 6.89. The zero-order valence-corrected chi connectivity index (χ0v) is 7.71. The molecule has 0 saturated heterocycles. The predicted octanol–water partition coefficient (Wildman–Crippen LogP) is 0.893. The SMILES string of the molecule is COS(=O)(=O)c1cccc(C#N)c1. The second kappa shape index (κ2) is 3.56. The van der Waals surface area contributed by atoms with E-state index in [1.807, 2.05) is 6.07 Å². The van der Waals surface area contributed by atoms with E-state index < -0.39 is 10.1 Å². The maximum Gasteiger partial charge on any atom is 0.296 e. The lowest BCUT2D eigenvalue weighted by Gasteiger charge is -2.00. The molecule has 0 aliphatic rings. The second-order valence-electron chi connectivity index (χ2n) is 2.26. The van der Waals surface area contributed by atoms with E-state index in [1.165, 1.54) is 24.3 Å². The van der Waals surface area contributed by atoms with Crippen molar-refractivity contribution in [3.8, 4) is 6.07 Å². The van der Waals surface area contributed by atoms with E-state index in [-0.39, 0.29) is 10.5 Å². The molecule has 0 aliphatic carbocycles. The van der Waals surface area contributed by atoms with Gasteiger partial charge in [0.25, 0.3) is 10.1 Å². The Labute approximate surface area is 76.5 Å². The zero-order chi connectivity index (χ0) is 9.90. The van der Waals surface area contributed by atoms with Crippen LogP contribution in [0.2, 0.25) is 0 Å². The smallest absolute Gasteiger partial charge is 0.270 e. The normalized spacial score (nSPS) is 10.8. The van der Waals surface area contributed by atoms with Gasteiger partial charge in [0.1, 0.15) is 0 Å². The molecule has 1 aromatic carbocycles. The number of benzene rings is 1. The third-order valence-corrected chi connectivity index (χ3v) is 2.74. The van der Waals surface area contributed by atoms with Crippen molar-refractivity contribution in [3.05, 3.63) is 29.8 Å². The Morgan fingerprint density at radius 1 is 1.46 bits per heavy atom. The molecule has 4 nitrogen and oxygen atoms in total. The highest BCUT2D eigenvalue weighted by atomic mass is 32.2. The molecule has 0 aliphatic heterocycles. The van der Waals surface area contributed by atoms with Gasteiger partial charge in [0.15, 0.2) is 0 Å². The molecule has 0 aromatic heterocycles. The summed E-state index contributed by atoms with van der Waals surface area (Å²) in [6, 6.07) is 7.49. The summed E-state index contributed by atoms with van der Waals surface area (Å²) in [5.74, 6) is 0. The van der Waals surface area contributed by atoms with Gasteiger partial charge in [-0.1, -0.05) is 6.07 Å². The molecule has 0 fully saturated rings. The lowest BCUT2D eigenvalue weighted by Crippen LogP contribution is -2.02. The molecule has 1 aromatic rings.